The van der Waals surface area contributed by atoms with Gasteiger partial charge in [-0.1, -0.05) is 28.1 Å². The van der Waals surface area contributed by atoms with Gasteiger partial charge in [0.15, 0.2) is 0 Å². The van der Waals surface area contributed by atoms with Crippen molar-refractivity contribution in [2.75, 3.05) is 13.7 Å². The Morgan fingerprint density at radius 3 is 2.68 bits per heavy atom. The molecule has 0 aliphatic heterocycles. The molecule has 2 aromatic rings. The Labute approximate surface area is 122 Å². The highest BCUT2D eigenvalue weighted by atomic mass is 79.9. The number of aliphatic hydroxyl groups is 1. The van der Waals surface area contributed by atoms with Crippen LogP contribution in [0.25, 0.3) is 0 Å². The Kier molecular flexibility index (Phi) is 4.80. The molecule has 0 bridgehead atoms. The van der Waals surface area contributed by atoms with Crippen LogP contribution in [0.15, 0.2) is 47.1 Å². The number of hydrogen-bond donors (Lipinski definition) is 1. The number of likely N-dealkylation sites (N-methyl/N-ethyl adjacent to an activating group) is 1. The van der Waals surface area contributed by atoms with Crippen LogP contribution in [0.3, 0.4) is 0 Å². The van der Waals surface area contributed by atoms with Crippen LogP contribution in [0.5, 0.6) is 0 Å². The number of nitrogens with zero attached hydrogens (tertiary/aromatic N) is 2. The Balaban J connectivity index is 2.15. The molecule has 102 valence electrons. The first-order chi connectivity index (χ1) is 9.11. The fraction of sp³-hybridized carbons (Fsp3) is 0.333. The van der Waals surface area contributed by atoms with E-state index in [4.69, 9.17) is 0 Å². The van der Waals surface area contributed by atoms with Gasteiger partial charge >= 0.3 is 0 Å². The Morgan fingerprint density at radius 1 is 1.32 bits per heavy atom. The topological polar surface area (TPSA) is 28.4 Å². The van der Waals surface area contributed by atoms with E-state index in [-0.39, 0.29) is 12.6 Å². The monoisotopic (exact) mass is 322 g/mol. The summed E-state index contributed by atoms with van der Waals surface area (Å²) < 4.78 is 3.14. The molecule has 2 rings (SSSR count). The first kappa shape index (κ1) is 14.3. The lowest BCUT2D eigenvalue weighted by molar-refractivity contribution is 0.140. The Morgan fingerprint density at radius 2 is 2.11 bits per heavy atom. The van der Waals surface area contributed by atoms with Crippen LogP contribution in [-0.2, 0) is 13.6 Å². The molecule has 4 heteroatoms. The highest BCUT2D eigenvalue weighted by Crippen LogP contribution is 2.23. The van der Waals surface area contributed by atoms with Crippen LogP contribution in [0.4, 0.5) is 0 Å². The van der Waals surface area contributed by atoms with Crippen LogP contribution in [-0.4, -0.2) is 28.2 Å². The summed E-state index contributed by atoms with van der Waals surface area (Å²) in [6, 6.07) is 12.2. The molecule has 0 aliphatic carbocycles. The number of rotatable bonds is 5. The normalized spacial score (nSPS) is 12.9. The molecule has 0 fully saturated rings. The summed E-state index contributed by atoms with van der Waals surface area (Å²) in [7, 11) is 4.07. The van der Waals surface area contributed by atoms with Gasteiger partial charge in [-0.25, -0.2) is 0 Å². The van der Waals surface area contributed by atoms with Gasteiger partial charge in [-0.3, -0.25) is 4.90 Å². The predicted octanol–water partition coefficient (Wildman–Crippen LogP) is 2.95. The van der Waals surface area contributed by atoms with E-state index < -0.39 is 0 Å². The lowest BCUT2D eigenvalue weighted by Gasteiger charge is -2.27. The Hall–Kier alpha value is -1.10. The number of aromatic nitrogens is 1. The van der Waals surface area contributed by atoms with Crippen molar-refractivity contribution in [3.63, 3.8) is 0 Å². The quantitative estimate of drug-likeness (QED) is 0.916. The minimum absolute atomic E-state index is 0.00685. The maximum absolute atomic E-state index is 9.67. The van der Waals surface area contributed by atoms with Gasteiger partial charge in [0, 0.05) is 30.0 Å². The van der Waals surface area contributed by atoms with E-state index >= 15 is 0 Å². The molecule has 0 amide bonds. The van der Waals surface area contributed by atoms with Crippen molar-refractivity contribution in [1.82, 2.24) is 9.47 Å². The molecular weight excluding hydrogens is 304 g/mol. The van der Waals surface area contributed by atoms with E-state index in [1.54, 1.807) is 0 Å². The zero-order chi connectivity index (χ0) is 13.8. The SMILES string of the molecule is CN(Cc1cccn1C)C(CO)c1cccc(Br)c1. The minimum Gasteiger partial charge on any atom is -0.394 e. The maximum atomic E-state index is 9.67. The van der Waals surface area contributed by atoms with Crippen LogP contribution in [0, 0.1) is 0 Å². The van der Waals surface area contributed by atoms with E-state index in [1.807, 2.05) is 44.6 Å². The lowest BCUT2D eigenvalue weighted by atomic mass is 10.1. The molecule has 0 saturated heterocycles. The summed E-state index contributed by atoms with van der Waals surface area (Å²) in [6.45, 7) is 0.915. The van der Waals surface area contributed by atoms with Crippen molar-refractivity contribution < 1.29 is 5.11 Å². The second-order valence-corrected chi connectivity index (χ2v) is 5.69. The molecule has 0 radical (unpaired) electrons. The number of aliphatic hydroxyl groups excluding tert-OH is 1. The molecule has 1 aromatic carbocycles. The molecule has 1 unspecified atom stereocenters. The molecule has 1 aromatic heterocycles. The Bertz CT molecular complexity index is 538. The minimum atomic E-state index is 0.00685. The second-order valence-electron chi connectivity index (χ2n) is 4.78. The van der Waals surface area contributed by atoms with E-state index in [1.165, 1.54) is 5.69 Å². The van der Waals surface area contributed by atoms with Gasteiger partial charge in [-0.2, -0.15) is 0 Å². The third-order valence-electron chi connectivity index (χ3n) is 3.40. The highest BCUT2D eigenvalue weighted by molar-refractivity contribution is 9.10. The van der Waals surface area contributed by atoms with Crippen molar-refractivity contribution in [1.29, 1.82) is 0 Å². The number of halogens is 1. The summed E-state index contributed by atoms with van der Waals surface area (Å²) in [5, 5.41) is 9.67. The van der Waals surface area contributed by atoms with E-state index in [9.17, 15) is 5.11 Å². The first-order valence-corrected chi connectivity index (χ1v) is 7.08. The first-order valence-electron chi connectivity index (χ1n) is 6.28. The van der Waals surface area contributed by atoms with Crippen molar-refractivity contribution in [3.8, 4) is 0 Å². The summed E-state index contributed by atoms with van der Waals surface area (Å²) >= 11 is 3.48. The van der Waals surface area contributed by atoms with E-state index in [0.29, 0.717) is 0 Å². The van der Waals surface area contributed by atoms with Gasteiger partial charge in [-0.05, 0) is 36.9 Å². The third-order valence-corrected chi connectivity index (χ3v) is 3.89. The summed E-state index contributed by atoms with van der Waals surface area (Å²) in [5.74, 6) is 0. The number of benzene rings is 1. The van der Waals surface area contributed by atoms with Crippen LogP contribution >= 0.6 is 15.9 Å². The molecule has 1 N–H and O–H groups in total. The summed E-state index contributed by atoms with van der Waals surface area (Å²) in [4.78, 5) is 2.16. The molecule has 0 saturated carbocycles. The number of aryl methyl sites for hydroxylation is 1. The number of hydrogen-bond acceptors (Lipinski definition) is 2. The van der Waals surface area contributed by atoms with Crippen molar-refractivity contribution in [2.24, 2.45) is 7.05 Å². The second kappa shape index (κ2) is 6.37. The van der Waals surface area contributed by atoms with E-state index in [2.05, 4.69) is 37.5 Å². The van der Waals surface area contributed by atoms with Gasteiger partial charge < -0.3 is 9.67 Å². The third kappa shape index (κ3) is 3.47. The van der Waals surface area contributed by atoms with Crippen molar-refractivity contribution >= 4 is 15.9 Å². The van der Waals surface area contributed by atoms with Crippen molar-refractivity contribution in [2.45, 2.75) is 12.6 Å². The average Bonchev–Trinajstić information content (AvgIpc) is 2.76. The average molecular weight is 323 g/mol. The van der Waals surface area contributed by atoms with Gasteiger partial charge in [-0.15, -0.1) is 0 Å². The molecule has 0 aliphatic rings. The maximum Gasteiger partial charge on any atom is 0.0628 e. The standard InChI is InChI=1S/C15H19BrN2O/c1-17-8-4-7-14(17)10-18(2)15(11-19)12-5-3-6-13(16)9-12/h3-9,15,19H,10-11H2,1-2H3. The lowest BCUT2D eigenvalue weighted by Crippen LogP contribution is -2.27. The van der Waals surface area contributed by atoms with Gasteiger partial charge in [0.05, 0.1) is 12.6 Å². The fourth-order valence-corrected chi connectivity index (χ4v) is 2.66. The van der Waals surface area contributed by atoms with Crippen molar-refractivity contribution in [3.05, 3.63) is 58.3 Å². The molecule has 3 nitrogen and oxygen atoms in total. The van der Waals surface area contributed by atoms with Crippen LogP contribution < -0.4 is 0 Å². The van der Waals surface area contributed by atoms with Gasteiger partial charge in [0.2, 0.25) is 0 Å². The molecule has 19 heavy (non-hydrogen) atoms. The predicted molar refractivity (Wildman–Crippen MR) is 80.8 cm³/mol. The van der Waals surface area contributed by atoms with E-state index in [0.717, 1.165) is 16.6 Å². The van der Waals surface area contributed by atoms with Crippen LogP contribution in [0.2, 0.25) is 0 Å². The largest absolute Gasteiger partial charge is 0.394 e. The zero-order valence-corrected chi connectivity index (χ0v) is 12.8. The van der Waals surface area contributed by atoms with Gasteiger partial charge in [0.25, 0.3) is 0 Å². The highest BCUT2D eigenvalue weighted by Gasteiger charge is 2.17. The molecule has 0 spiro atoms. The van der Waals surface area contributed by atoms with Gasteiger partial charge in [0.1, 0.15) is 0 Å². The molecule has 1 heterocycles. The summed E-state index contributed by atoms with van der Waals surface area (Å²) in [5.41, 5.74) is 2.35. The molecular formula is C15H19BrN2O. The van der Waals surface area contributed by atoms with Crippen LogP contribution in [0.1, 0.15) is 17.3 Å². The fourth-order valence-electron chi connectivity index (χ4n) is 2.24. The zero-order valence-electron chi connectivity index (χ0n) is 11.3. The smallest absolute Gasteiger partial charge is 0.0628 e. The molecule has 1 atom stereocenters. The summed E-state index contributed by atoms with van der Waals surface area (Å²) in [6.07, 6.45) is 2.04.